The topological polar surface area (TPSA) is 60.9 Å². The van der Waals surface area contributed by atoms with Gasteiger partial charge in [0.05, 0.1) is 6.04 Å². The zero-order chi connectivity index (χ0) is 23.1. The van der Waals surface area contributed by atoms with Crippen LogP contribution in [0.1, 0.15) is 47.3 Å². The van der Waals surface area contributed by atoms with Crippen LogP contribution in [0.3, 0.4) is 0 Å². The number of urea groups is 1. The second-order valence-electron chi connectivity index (χ2n) is 8.15. The molecule has 0 bridgehead atoms. The van der Waals surface area contributed by atoms with E-state index in [1.807, 2.05) is 13.8 Å². The summed E-state index contributed by atoms with van der Waals surface area (Å²) in [5.41, 5.74) is -2.35. The van der Waals surface area contributed by atoms with Gasteiger partial charge in [0, 0.05) is 19.7 Å². The van der Waals surface area contributed by atoms with Crippen LogP contribution in [0.4, 0.5) is 18.0 Å². The summed E-state index contributed by atoms with van der Waals surface area (Å²) in [5, 5.41) is 11.0. The van der Waals surface area contributed by atoms with Crippen LogP contribution in [0.25, 0.3) is 0 Å². The molecule has 1 heterocycles. The average molecular weight is 434 g/mol. The summed E-state index contributed by atoms with van der Waals surface area (Å²) in [6.07, 6.45) is -5.26. The van der Waals surface area contributed by atoms with Gasteiger partial charge in [0.25, 0.3) is 5.72 Å². The molecule has 3 unspecified atom stereocenters. The lowest BCUT2D eigenvalue weighted by Crippen LogP contribution is -2.73. The van der Waals surface area contributed by atoms with Crippen molar-refractivity contribution in [2.45, 2.75) is 37.7 Å². The first-order chi connectivity index (χ1) is 14.4. The average Bonchev–Trinajstić information content (AvgIpc) is 2.74. The third kappa shape index (κ3) is 3.69. The van der Waals surface area contributed by atoms with Gasteiger partial charge in [-0.3, -0.25) is 9.69 Å². The molecular weight excluding hydrogens is 409 g/mol. The van der Waals surface area contributed by atoms with Crippen molar-refractivity contribution in [2.75, 3.05) is 14.1 Å². The maximum atomic E-state index is 14.2. The number of aliphatic hydroxyl groups is 1. The Kier molecular flexibility index (Phi) is 5.88. The van der Waals surface area contributed by atoms with E-state index in [2.05, 4.69) is 0 Å². The second-order valence-corrected chi connectivity index (χ2v) is 8.15. The molecule has 2 amide bonds. The van der Waals surface area contributed by atoms with Gasteiger partial charge in [-0.15, -0.1) is 0 Å². The molecule has 31 heavy (non-hydrogen) atoms. The summed E-state index contributed by atoms with van der Waals surface area (Å²) in [4.78, 5) is 27.4. The van der Waals surface area contributed by atoms with E-state index in [-0.39, 0.29) is 16.4 Å². The van der Waals surface area contributed by atoms with Gasteiger partial charge in [-0.2, -0.15) is 13.2 Å². The standard InChI is InChI=1S/C23H25F3N2O3/c1-14(2)15-10-12-16(13-11-15)19-18(20(29)17-8-6-5-7-9-17)22(31,23(24,25)26)28(4)21(30)27(19)3/h5-14,18-19,31H,1-4H3. The highest BCUT2D eigenvalue weighted by atomic mass is 19.4. The van der Waals surface area contributed by atoms with Crippen molar-refractivity contribution in [1.82, 2.24) is 9.80 Å². The van der Waals surface area contributed by atoms with Crippen LogP contribution < -0.4 is 0 Å². The highest BCUT2D eigenvalue weighted by Crippen LogP contribution is 2.50. The number of rotatable bonds is 4. The molecule has 8 heteroatoms. The Labute approximate surface area is 179 Å². The first kappa shape index (κ1) is 22.8. The number of hydrogen-bond donors (Lipinski definition) is 1. The summed E-state index contributed by atoms with van der Waals surface area (Å²) >= 11 is 0. The van der Waals surface area contributed by atoms with Crippen LogP contribution >= 0.6 is 0 Å². The summed E-state index contributed by atoms with van der Waals surface area (Å²) in [5.74, 6) is -2.70. The Bertz CT molecular complexity index is 960. The van der Waals surface area contributed by atoms with E-state index in [9.17, 15) is 27.9 Å². The molecule has 5 nitrogen and oxygen atoms in total. The molecule has 0 aromatic heterocycles. The number of amides is 2. The zero-order valence-corrected chi connectivity index (χ0v) is 17.7. The molecular formula is C23H25F3N2O3. The van der Waals surface area contributed by atoms with Crippen molar-refractivity contribution in [2.24, 2.45) is 5.92 Å². The number of alkyl halides is 3. The molecule has 1 fully saturated rings. The maximum absolute atomic E-state index is 14.2. The quantitative estimate of drug-likeness (QED) is 0.716. The number of carbonyl (C=O) groups excluding carboxylic acids is 2. The largest absolute Gasteiger partial charge is 0.437 e. The van der Waals surface area contributed by atoms with Gasteiger partial charge in [0.1, 0.15) is 5.92 Å². The third-order valence-corrected chi connectivity index (χ3v) is 5.97. The van der Waals surface area contributed by atoms with E-state index in [0.717, 1.165) is 17.5 Å². The van der Waals surface area contributed by atoms with E-state index in [1.54, 1.807) is 30.3 Å². The SMILES string of the molecule is CC(C)c1ccc(C2C(C(=O)c3ccccc3)C(O)(C(F)(F)F)N(C)C(=O)N2C)cc1. The van der Waals surface area contributed by atoms with Crippen molar-refractivity contribution in [3.63, 3.8) is 0 Å². The van der Waals surface area contributed by atoms with Crippen LogP contribution in [-0.4, -0.2) is 52.7 Å². The Balaban J connectivity index is 2.23. The Morgan fingerprint density at radius 2 is 1.58 bits per heavy atom. The minimum atomic E-state index is -5.26. The van der Waals surface area contributed by atoms with Gasteiger partial charge < -0.3 is 10.0 Å². The summed E-state index contributed by atoms with van der Waals surface area (Å²) in [7, 11) is 2.19. The van der Waals surface area contributed by atoms with Gasteiger partial charge >= 0.3 is 12.2 Å². The second kappa shape index (κ2) is 8.00. The number of nitrogens with zero attached hydrogens (tertiary/aromatic N) is 2. The smallest absolute Gasteiger partial charge is 0.363 e. The molecule has 0 aliphatic carbocycles. The fourth-order valence-electron chi connectivity index (χ4n) is 4.12. The number of ketones is 1. The summed E-state index contributed by atoms with van der Waals surface area (Å²) < 4.78 is 42.7. The lowest BCUT2D eigenvalue weighted by molar-refractivity contribution is -0.328. The minimum Gasteiger partial charge on any atom is -0.363 e. The predicted octanol–water partition coefficient (Wildman–Crippen LogP) is 4.60. The predicted molar refractivity (Wildman–Crippen MR) is 109 cm³/mol. The Morgan fingerprint density at radius 3 is 2.06 bits per heavy atom. The van der Waals surface area contributed by atoms with E-state index < -0.39 is 35.7 Å². The van der Waals surface area contributed by atoms with Crippen molar-refractivity contribution >= 4 is 11.8 Å². The normalized spacial score (nSPS) is 24.6. The van der Waals surface area contributed by atoms with Gasteiger partial charge in [-0.05, 0) is 17.0 Å². The molecule has 2 aromatic carbocycles. The molecule has 1 N–H and O–H groups in total. The molecule has 1 aliphatic rings. The Hall–Kier alpha value is -2.87. The molecule has 0 saturated carbocycles. The van der Waals surface area contributed by atoms with E-state index in [4.69, 9.17) is 0 Å². The van der Waals surface area contributed by atoms with Crippen LogP contribution in [0.15, 0.2) is 54.6 Å². The molecule has 3 rings (SSSR count). The first-order valence-electron chi connectivity index (χ1n) is 9.90. The molecule has 0 spiro atoms. The fraction of sp³-hybridized carbons (Fsp3) is 0.391. The number of hydrogen-bond acceptors (Lipinski definition) is 3. The molecule has 1 saturated heterocycles. The molecule has 166 valence electrons. The molecule has 1 aliphatic heterocycles. The lowest BCUT2D eigenvalue weighted by atomic mass is 9.75. The number of halogens is 3. The first-order valence-corrected chi connectivity index (χ1v) is 9.90. The van der Waals surface area contributed by atoms with Crippen LogP contribution in [0.5, 0.6) is 0 Å². The van der Waals surface area contributed by atoms with Gasteiger partial charge in [0.2, 0.25) is 0 Å². The van der Waals surface area contributed by atoms with Crippen molar-refractivity contribution < 1.29 is 27.9 Å². The van der Waals surface area contributed by atoms with Crippen molar-refractivity contribution in [1.29, 1.82) is 0 Å². The third-order valence-electron chi connectivity index (χ3n) is 5.97. The summed E-state index contributed by atoms with van der Waals surface area (Å²) in [6.45, 7) is 3.95. The van der Waals surface area contributed by atoms with Gasteiger partial charge in [-0.1, -0.05) is 68.4 Å². The Morgan fingerprint density at radius 1 is 1.03 bits per heavy atom. The van der Waals surface area contributed by atoms with Crippen LogP contribution in [-0.2, 0) is 0 Å². The number of benzene rings is 2. The van der Waals surface area contributed by atoms with Crippen molar-refractivity contribution in [3.8, 4) is 0 Å². The monoisotopic (exact) mass is 434 g/mol. The number of Topliss-reactive ketones (excluding diaryl/α,β-unsaturated/α-hetero) is 1. The highest BCUT2D eigenvalue weighted by Gasteiger charge is 2.70. The molecule has 3 atom stereocenters. The fourth-order valence-corrected chi connectivity index (χ4v) is 4.12. The van der Waals surface area contributed by atoms with Gasteiger partial charge in [-0.25, -0.2) is 4.79 Å². The van der Waals surface area contributed by atoms with E-state index >= 15 is 0 Å². The van der Waals surface area contributed by atoms with Crippen LogP contribution in [0.2, 0.25) is 0 Å². The van der Waals surface area contributed by atoms with Crippen molar-refractivity contribution in [3.05, 3.63) is 71.3 Å². The zero-order valence-electron chi connectivity index (χ0n) is 17.7. The highest BCUT2D eigenvalue weighted by molar-refractivity contribution is 6.00. The molecule has 0 radical (unpaired) electrons. The van der Waals surface area contributed by atoms with E-state index in [1.165, 1.54) is 31.3 Å². The van der Waals surface area contributed by atoms with Gasteiger partial charge in [0.15, 0.2) is 5.78 Å². The number of carbonyl (C=O) groups is 2. The maximum Gasteiger partial charge on any atom is 0.437 e. The minimum absolute atomic E-state index is 0.0233. The lowest BCUT2D eigenvalue weighted by Gasteiger charge is -2.53. The van der Waals surface area contributed by atoms with Crippen LogP contribution in [0, 0.1) is 5.92 Å². The van der Waals surface area contributed by atoms with E-state index in [0.29, 0.717) is 5.56 Å². The summed E-state index contributed by atoms with van der Waals surface area (Å²) in [6, 6.07) is 11.9. The molecule has 2 aromatic rings.